The van der Waals surface area contributed by atoms with E-state index in [2.05, 4.69) is 6.92 Å². The molecule has 0 aromatic heterocycles. The average molecular weight is 589 g/mol. The number of carbonyl (C=O) groups is 3. The third-order valence-corrected chi connectivity index (χ3v) is 11.1. The molecule has 0 aliphatic heterocycles. The first-order valence-corrected chi connectivity index (χ1v) is 16.2. The molecule has 0 radical (unpaired) electrons. The van der Waals surface area contributed by atoms with Crippen LogP contribution in [-0.4, -0.2) is 63.6 Å². The van der Waals surface area contributed by atoms with Crippen LogP contribution in [0.1, 0.15) is 105 Å². The van der Waals surface area contributed by atoms with Crippen molar-refractivity contribution in [3.63, 3.8) is 0 Å². The van der Waals surface area contributed by atoms with Crippen LogP contribution >= 0.6 is 0 Å². The zero-order valence-electron chi connectivity index (χ0n) is 26.2. The van der Waals surface area contributed by atoms with E-state index in [-0.39, 0.29) is 25.4 Å². The van der Waals surface area contributed by atoms with Gasteiger partial charge < -0.3 is 24.8 Å². The van der Waals surface area contributed by atoms with Crippen molar-refractivity contribution >= 4 is 17.7 Å². The molecule has 2 saturated carbocycles. The summed E-state index contributed by atoms with van der Waals surface area (Å²) >= 11 is 0. The van der Waals surface area contributed by atoms with Gasteiger partial charge in [0.15, 0.2) is 11.4 Å². The van der Waals surface area contributed by atoms with Crippen molar-refractivity contribution in [3.05, 3.63) is 23.3 Å². The van der Waals surface area contributed by atoms with Gasteiger partial charge >= 0.3 is 11.9 Å². The van der Waals surface area contributed by atoms with E-state index in [0.29, 0.717) is 24.0 Å². The van der Waals surface area contributed by atoms with Crippen molar-refractivity contribution in [1.82, 2.24) is 0 Å². The van der Waals surface area contributed by atoms with Crippen LogP contribution in [0.2, 0.25) is 0 Å². The highest BCUT2D eigenvalue weighted by molar-refractivity contribution is 6.00. The molecule has 236 valence electrons. The van der Waals surface area contributed by atoms with Crippen molar-refractivity contribution < 1.29 is 39.2 Å². The molecular formula is C34H52O8. The van der Waals surface area contributed by atoms with Crippen molar-refractivity contribution in [2.24, 2.45) is 35.0 Å². The number of aliphatic hydroxyl groups is 3. The Kier molecular flexibility index (Phi) is 10.1. The maximum Gasteiger partial charge on any atom is 0.306 e. The summed E-state index contributed by atoms with van der Waals surface area (Å²) in [5.41, 5.74) is -2.66. The van der Waals surface area contributed by atoms with Gasteiger partial charge in [-0.1, -0.05) is 84.3 Å². The largest absolute Gasteiger partial charge is 0.458 e. The van der Waals surface area contributed by atoms with Crippen LogP contribution < -0.4 is 0 Å². The highest BCUT2D eigenvalue weighted by atomic mass is 16.6. The highest BCUT2D eigenvalue weighted by Gasteiger charge is 2.88. The van der Waals surface area contributed by atoms with Gasteiger partial charge in [-0.3, -0.25) is 14.4 Å². The molecule has 0 spiro atoms. The van der Waals surface area contributed by atoms with Crippen molar-refractivity contribution in [2.75, 3.05) is 13.2 Å². The minimum Gasteiger partial charge on any atom is -0.458 e. The summed E-state index contributed by atoms with van der Waals surface area (Å²) in [5.74, 6) is -4.08. The second kappa shape index (κ2) is 12.9. The molecule has 2 fully saturated rings. The Morgan fingerprint density at radius 2 is 1.62 bits per heavy atom. The normalized spacial score (nSPS) is 38.4. The van der Waals surface area contributed by atoms with Gasteiger partial charge in [0.2, 0.25) is 0 Å². The van der Waals surface area contributed by atoms with E-state index in [0.717, 1.165) is 19.3 Å². The van der Waals surface area contributed by atoms with E-state index >= 15 is 0 Å². The third kappa shape index (κ3) is 5.41. The number of unbranched alkanes of at least 4 members (excludes halogenated alkanes) is 8. The summed E-state index contributed by atoms with van der Waals surface area (Å²) in [6.45, 7) is 8.23. The van der Waals surface area contributed by atoms with Crippen LogP contribution in [-0.2, 0) is 23.9 Å². The molecular weight excluding hydrogens is 536 g/mol. The summed E-state index contributed by atoms with van der Waals surface area (Å²) in [6.07, 6.45) is 13.2. The first-order chi connectivity index (χ1) is 19.9. The number of ether oxygens (including phenoxy) is 2. The second-order valence-corrected chi connectivity index (χ2v) is 13.7. The van der Waals surface area contributed by atoms with E-state index in [1.165, 1.54) is 39.0 Å². The fourth-order valence-electron chi connectivity index (χ4n) is 8.80. The van der Waals surface area contributed by atoms with E-state index in [1.54, 1.807) is 20.8 Å². The molecule has 0 aromatic carbocycles. The lowest BCUT2D eigenvalue weighted by atomic mass is 9.60. The SMILES string of the molecule is CCCCCCCCCCCC(=O)O[C@@H]1[C@@H](C)[C@]2(O)[C@@H]3C=C(C)C(=O)C3CC(CO)=C[C@H]2[C@@H]2C(C)(CO)[C@]12OC(C)=O. The highest BCUT2D eigenvalue weighted by Crippen LogP contribution is 2.76. The quantitative estimate of drug-likeness (QED) is 0.149. The average Bonchev–Trinajstić information content (AvgIpc) is 3.40. The maximum atomic E-state index is 13.3. The molecule has 9 atom stereocenters. The molecule has 0 bridgehead atoms. The number of rotatable bonds is 14. The Labute approximate surface area is 250 Å². The van der Waals surface area contributed by atoms with Crippen molar-refractivity contribution in [1.29, 1.82) is 0 Å². The van der Waals surface area contributed by atoms with Gasteiger partial charge in [0.25, 0.3) is 0 Å². The number of hydrogen-bond donors (Lipinski definition) is 3. The fraction of sp³-hybridized carbons (Fsp3) is 0.794. The number of ketones is 1. The van der Waals surface area contributed by atoms with Crippen LogP contribution in [0.15, 0.2) is 23.3 Å². The number of allylic oxidation sites excluding steroid dienone is 1. The Bertz CT molecular complexity index is 1100. The van der Waals surface area contributed by atoms with Crippen LogP contribution in [0, 0.1) is 35.0 Å². The van der Waals surface area contributed by atoms with Gasteiger partial charge in [-0.2, -0.15) is 0 Å². The zero-order valence-corrected chi connectivity index (χ0v) is 26.2. The Morgan fingerprint density at radius 3 is 2.19 bits per heavy atom. The predicted octanol–water partition coefficient (Wildman–Crippen LogP) is 4.83. The van der Waals surface area contributed by atoms with Gasteiger partial charge in [0.1, 0.15) is 6.10 Å². The summed E-state index contributed by atoms with van der Waals surface area (Å²) in [7, 11) is 0. The Balaban J connectivity index is 1.59. The minimum absolute atomic E-state index is 0.0583. The van der Waals surface area contributed by atoms with Gasteiger partial charge in [-0.05, 0) is 30.9 Å². The molecule has 2 unspecified atom stereocenters. The zero-order chi connectivity index (χ0) is 30.9. The van der Waals surface area contributed by atoms with Crippen LogP contribution in [0.5, 0.6) is 0 Å². The summed E-state index contributed by atoms with van der Waals surface area (Å²) in [4.78, 5) is 39.0. The number of fused-ring (bicyclic) bond motifs is 5. The number of carbonyl (C=O) groups excluding carboxylic acids is 3. The Morgan fingerprint density at radius 1 is 1.00 bits per heavy atom. The van der Waals surface area contributed by atoms with Crippen LogP contribution in [0.3, 0.4) is 0 Å². The smallest absolute Gasteiger partial charge is 0.306 e. The lowest BCUT2D eigenvalue weighted by molar-refractivity contribution is -0.220. The summed E-state index contributed by atoms with van der Waals surface area (Å²) in [5, 5.41) is 33.6. The monoisotopic (exact) mass is 588 g/mol. The standard InChI is InChI=1S/C34H52O8/c1-6-7-8-9-10-11-12-13-14-15-28(38)41-31-22(3)33(40)26-16-21(2)29(39)25(26)17-24(19-35)18-27(33)30-32(5,20-36)34(30,31)42-23(4)37/h16,18,22,25-27,30-31,35-36,40H,6-15,17,19-20H2,1-5H3/t22-,25?,26-,27+,30-,31-,32?,33+,34-/m1/s1. The summed E-state index contributed by atoms with van der Waals surface area (Å²) < 4.78 is 12.2. The van der Waals surface area contributed by atoms with Crippen LogP contribution in [0.25, 0.3) is 0 Å². The van der Waals surface area contributed by atoms with Crippen LogP contribution in [0.4, 0.5) is 0 Å². The van der Waals surface area contributed by atoms with E-state index in [1.807, 2.05) is 12.2 Å². The first kappa shape index (κ1) is 32.9. The van der Waals surface area contributed by atoms with Gasteiger partial charge in [0, 0.05) is 48.3 Å². The number of hydrogen-bond acceptors (Lipinski definition) is 8. The molecule has 42 heavy (non-hydrogen) atoms. The van der Waals surface area contributed by atoms with E-state index in [4.69, 9.17) is 9.47 Å². The van der Waals surface area contributed by atoms with Gasteiger partial charge in [0.05, 0.1) is 18.8 Å². The molecule has 3 N–H and O–H groups in total. The molecule has 4 aliphatic carbocycles. The lowest BCUT2D eigenvalue weighted by Gasteiger charge is -2.52. The van der Waals surface area contributed by atoms with Crippen molar-refractivity contribution in [2.45, 2.75) is 123 Å². The molecule has 8 heteroatoms. The molecule has 0 amide bonds. The minimum atomic E-state index is -1.53. The Hall–Kier alpha value is -2.03. The van der Waals surface area contributed by atoms with E-state index < -0.39 is 64.2 Å². The molecule has 0 saturated heterocycles. The maximum absolute atomic E-state index is 13.3. The topological polar surface area (TPSA) is 130 Å². The number of esters is 2. The molecule has 8 nitrogen and oxygen atoms in total. The molecule has 4 aliphatic rings. The van der Waals surface area contributed by atoms with Crippen molar-refractivity contribution in [3.8, 4) is 0 Å². The van der Waals surface area contributed by atoms with E-state index in [9.17, 15) is 29.7 Å². The molecule has 0 heterocycles. The predicted molar refractivity (Wildman–Crippen MR) is 158 cm³/mol. The molecule has 4 rings (SSSR count). The number of aliphatic hydroxyl groups excluding tert-OH is 2. The van der Waals surface area contributed by atoms with Gasteiger partial charge in [-0.15, -0.1) is 0 Å². The number of Topliss-reactive ketones (excluding diaryl/α,β-unsaturated/α-hetero) is 1. The molecule has 0 aromatic rings. The summed E-state index contributed by atoms with van der Waals surface area (Å²) in [6, 6.07) is 0. The van der Waals surface area contributed by atoms with Gasteiger partial charge in [-0.25, -0.2) is 0 Å². The first-order valence-electron chi connectivity index (χ1n) is 16.2. The second-order valence-electron chi connectivity index (χ2n) is 13.7. The lowest BCUT2D eigenvalue weighted by Crippen LogP contribution is -2.63. The fourth-order valence-corrected chi connectivity index (χ4v) is 8.80. The third-order valence-electron chi connectivity index (χ3n) is 11.1.